The predicted octanol–water partition coefficient (Wildman–Crippen LogP) is 1.48. The van der Waals surface area contributed by atoms with E-state index in [4.69, 9.17) is 9.47 Å². The van der Waals surface area contributed by atoms with Crippen LogP contribution in [0.2, 0.25) is 0 Å². The molecule has 0 saturated carbocycles. The molecule has 1 amide bonds. The third-order valence-electron chi connectivity index (χ3n) is 4.39. The zero-order valence-corrected chi connectivity index (χ0v) is 15.5. The van der Waals surface area contributed by atoms with E-state index < -0.39 is 23.4 Å². The maximum Gasteiger partial charge on any atom is 0.222 e. The smallest absolute Gasteiger partial charge is 0.222 e. The number of nitrogens with zero attached hydrogens (tertiary/aromatic N) is 2. The molecule has 3 atom stereocenters. The van der Waals surface area contributed by atoms with Crippen molar-refractivity contribution >= 4 is 17.2 Å². The fourth-order valence-corrected chi connectivity index (χ4v) is 3.82. The maximum atomic E-state index is 12.3. The molecule has 0 aromatic carbocycles. The van der Waals surface area contributed by atoms with Crippen molar-refractivity contribution in [2.75, 3.05) is 26.3 Å². The van der Waals surface area contributed by atoms with E-state index in [2.05, 4.69) is 6.58 Å². The van der Waals surface area contributed by atoms with Gasteiger partial charge >= 0.3 is 0 Å². The van der Waals surface area contributed by atoms with Crippen molar-refractivity contribution in [3.63, 3.8) is 0 Å². The fraction of sp³-hybridized carbons (Fsp3) is 0.588. The van der Waals surface area contributed by atoms with Crippen molar-refractivity contribution < 1.29 is 23.0 Å². The summed E-state index contributed by atoms with van der Waals surface area (Å²) in [6.07, 6.45) is 5.22. The van der Waals surface area contributed by atoms with Gasteiger partial charge in [0.05, 0.1) is 25.0 Å². The Kier molecular flexibility index (Phi) is 7.22. The van der Waals surface area contributed by atoms with E-state index in [-0.39, 0.29) is 5.91 Å². The lowest BCUT2D eigenvalue weighted by atomic mass is 10.0. The highest BCUT2D eigenvalue weighted by Gasteiger charge is 2.35. The first-order valence-electron chi connectivity index (χ1n) is 8.39. The van der Waals surface area contributed by atoms with E-state index in [1.54, 1.807) is 37.0 Å². The lowest BCUT2D eigenvalue weighted by Gasteiger charge is -2.44. The van der Waals surface area contributed by atoms with Gasteiger partial charge in [-0.1, -0.05) is 18.7 Å². The Morgan fingerprint density at radius 1 is 1.44 bits per heavy atom. The van der Waals surface area contributed by atoms with Gasteiger partial charge in [0.1, 0.15) is 11.9 Å². The lowest BCUT2D eigenvalue weighted by molar-refractivity contribution is -0.136. The largest absolute Gasteiger partial charge is 0.755 e. The van der Waals surface area contributed by atoms with Crippen LogP contribution < -0.4 is 0 Å². The number of rotatable bonds is 5. The van der Waals surface area contributed by atoms with Gasteiger partial charge in [0, 0.05) is 30.8 Å². The van der Waals surface area contributed by atoms with Gasteiger partial charge in [-0.2, -0.15) is 0 Å². The second-order valence-electron chi connectivity index (χ2n) is 5.91. The van der Waals surface area contributed by atoms with E-state index in [0.29, 0.717) is 50.6 Å². The molecular weight excluding hydrogens is 344 g/mol. The fourth-order valence-electron chi connectivity index (χ4n) is 3.05. The molecule has 140 valence electrons. The molecule has 0 aromatic heterocycles. The van der Waals surface area contributed by atoms with Crippen molar-refractivity contribution in [3.8, 4) is 0 Å². The molecule has 0 bridgehead atoms. The van der Waals surface area contributed by atoms with E-state index in [1.807, 2.05) is 0 Å². The number of amides is 1. The van der Waals surface area contributed by atoms with Crippen LogP contribution in [0.4, 0.5) is 0 Å². The lowest BCUT2D eigenvalue weighted by Crippen LogP contribution is -2.48. The summed E-state index contributed by atoms with van der Waals surface area (Å²) in [6, 6.07) is -0.399. The quantitative estimate of drug-likeness (QED) is 0.686. The second kappa shape index (κ2) is 9.17. The van der Waals surface area contributed by atoms with E-state index in [1.165, 1.54) is 4.31 Å². The first-order valence-corrected chi connectivity index (χ1v) is 9.43. The minimum absolute atomic E-state index is 0.0416. The van der Waals surface area contributed by atoms with Crippen molar-refractivity contribution in [1.29, 1.82) is 0 Å². The SMILES string of the molecule is C=C/C=C1/OC(CCC(=O)N2CCOCC2)[C@@H](C)N(S(=O)[O-])/C1=C/C. The summed E-state index contributed by atoms with van der Waals surface area (Å²) < 4.78 is 35.9. The zero-order valence-electron chi connectivity index (χ0n) is 14.7. The van der Waals surface area contributed by atoms with Crippen LogP contribution in [0.15, 0.2) is 36.3 Å². The molecule has 2 aliphatic heterocycles. The van der Waals surface area contributed by atoms with Crippen molar-refractivity contribution in [2.24, 2.45) is 0 Å². The molecule has 0 N–H and O–H groups in total. The van der Waals surface area contributed by atoms with Crippen molar-refractivity contribution in [3.05, 3.63) is 36.3 Å². The third kappa shape index (κ3) is 4.71. The maximum absolute atomic E-state index is 12.3. The molecular formula is C17H25N2O5S-. The van der Waals surface area contributed by atoms with E-state index in [0.717, 1.165) is 0 Å². The molecule has 2 unspecified atom stereocenters. The van der Waals surface area contributed by atoms with Gasteiger partial charge in [-0.05, 0) is 26.3 Å². The molecule has 0 aromatic rings. The van der Waals surface area contributed by atoms with Crippen LogP contribution in [0, 0.1) is 0 Å². The zero-order chi connectivity index (χ0) is 18.4. The molecule has 0 radical (unpaired) electrons. The number of morpholine rings is 2. The molecule has 25 heavy (non-hydrogen) atoms. The molecule has 2 aliphatic rings. The number of carbonyl (C=O) groups excluding carboxylic acids is 1. The summed E-state index contributed by atoms with van der Waals surface area (Å²) in [7, 11) is 0. The Labute approximate surface area is 151 Å². The van der Waals surface area contributed by atoms with Crippen LogP contribution in [0.1, 0.15) is 26.7 Å². The van der Waals surface area contributed by atoms with Gasteiger partial charge in [0.25, 0.3) is 0 Å². The van der Waals surface area contributed by atoms with Crippen LogP contribution >= 0.6 is 0 Å². The van der Waals surface area contributed by atoms with Crippen LogP contribution in [0.5, 0.6) is 0 Å². The van der Waals surface area contributed by atoms with Crippen molar-refractivity contribution in [1.82, 2.24) is 9.21 Å². The first-order chi connectivity index (χ1) is 12.0. The van der Waals surface area contributed by atoms with Crippen LogP contribution in [0.3, 0.4) is 0 Å². The number of hydrogen-bond acceptors (Lipinski definition) is 5. The molecule has 2 saturated heterocycles. The Hall–Kier alpha value is -1.64. The molecule has 2 fully saturated rings. The third-order valence-corrected chi connectivity index (χ3v) is 5.24. The van der Waals surface area contributed by atoms with E-state index in [9.17, 15) is 13.6 Å². The normalized spacial score (nSPS) is 28.8. The monoisotopic (exact) mass is 369 g/mol. The van der Waals surface area contributed by atoms with Crippen LogP contribution in [-0.2, 0) is 25.5 Å². The highest BCUT2D eigenvalue weighted by atomic mass is 32.2. The highest BCUT2D eigenvalue weighted by molar-refractivity contribution is 7.76. The molecule has 2 rings (SSSR count). The van der Waals surface area contributed by atoms with Gasteiger partial charge in [-0.3, -0.25) is 13.3 Å². The van der Waals surface area contributed by atoms with Gasteiger partial charge in [-0.25, -0.2) is 0 Å². The van der Waals surface area contributed by atoms with Gasteiger partial charge in [0.15, 0.2) is 0 Å². The average molecular weight is 369 g/mol. The summed E-state index contributed by atoms with van der Waals surface area (Å²) in [6.45, 7) is 9.50. The van der Waals surface area contributed by atoms with E-state index >= 15 is 0 Å². The minimum atomic E-state index is -2.43. The number of carbonyl (C=O) groups is 1. The summed E-state index contributed by atoms with van der Waals surface area (Å²) >= 11 is -2.43. The number of ether oxygens (including phenoxy) is 2. The summed E-state index contributed by atoms with van der Waals surface area (Å²) in [4.78, 5) is 14.1. The molecule has 0 spiro atoms. The van der Waals surface area contributed by atoms with Gasteiger partial charge in [-0.15, -0.1) is 0 Å². The van der Waals surface area contributed by atoms with Crippen LogP contribution in [0.25, 0.3) is 0 Å². The van der Waals surface area contributed by atoms with Crippen LogP contribution in [-0.4, -0.2) is 62.3 Å². The highest BCUT2D eigenvalue weighted by Crippen LogP contribution is 2.32. The topological polar surface area (TPSA) is 82.1 Å². The molecule has 8 heteroatoms. The minimum Gasteiger partial charge on any atom is -0.755 e. The Morgan fingerprint density at radius 3 is 2.68 bits per heavy atom. The number of allylic oxidation sites excluding steroid dienone is 3. The standard InChI is InChI=1S/C17H26N2O5S/c1-4-6-16-14(5-2)19(25(21)22)13(3)15(24-16)7-8-17(20)18-9-11-23-12-10-18/h4-6,13,15H,1,7-12H2,2-3H3,(H,21,22)/p-1/b14-5+,16-6+/t13-,15?/m1/s1. The van der Waals surface area contributed by atoms with Crippen molar-refractivity contribution in [2.45, 2.75) is 38.8 Å². The predicted molar refractivity (Wildman–Crippen MR) is 93.8 cm³/mol. The first kappa shape index (κ1) is 19.7. The van der Waals surface area contributed by atoms with Gasteiger partial charge in [0.2, 0.25) is 5.91 Å². The Bertz CT molecular complexity index is 584. The van der Waals surface area contributed by atoms with Gasteiger partial charge < -0.3 is 18.9 Å². The molecule has 7 nitrogen and oxygen atoms in total. The summed E-state index contributed by atoms with van der Waals surface area (Å²) in [5, 5.41) is 0. The molecule has 2 heterocycles. The summed E-state index contributed by atoms with van der Waals surface area (Å²) in [5.74, 6) is 0.489. The average Bonchev–Trinajstić information content (AvgIpc) is 2.61. The number of hydrogen-bond donors (Lipinski definition) is 0. The molecule has 0 aliphatic carbocycles. The second-order valence-corrected chi connectivity index (χ2v) is 6.74. The Morgan fingerprint density at radius 2 is 2.12 bits per heavy atom. The summed E-state index contributed by atoms with van der Waals surface area (Å²) in [5.41, 5.74) is 0.483. The Balaban J connectivity index is 2.08.